The van der Waals surface area contributed by atoms with E-state index in [4.69, 9.17) is 0 Å². The highest BCUT2D eigenvalue weighted by Crippen LogP contribution is 2.73. The van der Waals surface area contributed by atoms with Crippen molar-refractivity contribution in [1.29, 1.82) is 0 Å². The summed E-state index contributed by atoms with van der Waals surface area (Å²) in [4.78, 5) is 0. The molecule has 14 heavy (non-hydrogen) atoms. The number of hydrogen-bond donors (Lipinski definition) is 1. The van der Waals surface area contributed by atoms with Gasteiger partial charge in [0.05, 0.1) is 0 Å². The minimum atomic E-state index is 0.880. The topological polar surface area (TPSA) is 12.0 Å². The minimum Gasteiger partial charge on any atom is -0.314 e. The Balaban J connectivity index is 1.37. The van der Waals surface area contributed by atoms with Gasteiger partial charge in [-0.25, -0.2) is 0 Å². The molecular weight excluding hydrogens is 170 g/mol. The molecule has 4 fully saturated rings. The second kappa shape index (κ2) is 2.55. The fourth-order valence-corrected chi connectivity index (χ4v) is 4.18. The summed E-state index contributed by atoms with van der Waals surface area (Å²) in [5, 5.41) is 3.73. The van der Waals surface area contributed by atoms with Crippen molar-refractivity contribution in [1.82, 2.24) is 5.32 Å². The number of nitrogens with one attached hydrogen (secondary N) is 1. The van der Waals surface area contributed by atoms with Gasteiger partial charge in [-0.05, 0) is 61.8 Å². The lowest BCUT2D eigenvalue weighted by molar-refractivity contribution is 0.281. The molecule has 4 rings (SSSR count). The molecule has 0 aromatic rings. The molecule has 4 aliphatic carbocycles. The Morgan fingerprint density at radius 2 is 2.14 bits per heavy atom. The largest absolute Gasteiger partial charge is 0.314 e. The number of rotatable bonds is 3. The molecule has 0 amide bonds. The van der Waals surface area contributed by atoms with Crippen LogP contribution in [0.15, 0.2) is 0 Å². The molecule has 1 nitrogen and oxygen atoms in total. The Hall–Kier alpha value is -0.0400. The highest BCUT2D eigenvalue weighted by Gasteiger charge is 2.66. The lowest BCUT2D eigenvalue weighted by atomic mass is 9.84. The van der Waals surface area contributed by atoms with Crippen molar-refractivity contribution in [2.75, 3.05) is 6.54 Å². The zero-order valence-electron chi connectivity index (χ0n) is 8.97. The van der Waals surface area contributed by atoms with Gasteiger partial charge in [-0.2, -0.15) is 0 Å². The lowest BCUT2D eigenvalue weighted by Gasteiger charge is -2.22. The van der Waals surface area contributed by atoms with Gasteiger partial charge in [0.15, 0.2) is 0 Å². The third kappa shape index (κ3) is 1.11. The Bertz CT molecular complexity index is 258. The molecule has 4 saturated carbocycles. The van der Waals surface area contributed by atoms with Crippen LogP contribution in [0.25, 0.3) is 0 Å². The van der Waals surface area contributed by atoms with Crippen LogP contribution in [0.5, 0.6) is 0 Å². The van der Waals surface area contributed by atoms with Gasteiger partial charge in [-0.1, -0.05) is 12.8 Å². The highest BCUT2D eigenvalue weighted by atomic mass is 15.0. The summed E-state index contributed by atoms with van der Waals surface area (Å²) < 4.78 is 0. The van der Waals surface area contributed by atoms with Crippen LogP contribution in [0.1, 0.15) is 44.9 Å². The minimum absolute atomic E-state index is 0.880. The normalized spacial score (nSPS) is 54.4. The zero-order valence-corrected chi connectivity index (χ0v) is 8.97. The van der Waals surface area contributed by atoms with E-state index in [0.717, 1.165) is 17.4 Å². The average Bonchev–Trinajstić information content (AvgIpc) is 3.06. The molecule has 4 unspecified atom stereocenters. The highest BCUT2D eigenvalue weighted by molar-refractivity contribution is 5.16. The maximum absolute atomic E-state index is 3.73. The molecule has 4 aliphatic rings. The Morgan fingerprint density at radius 3 is 3.00 bits per heavy atom. The first-order valence-electron chi connectivity index (χ1n) is 6.62. The van der Waals surface area contributed by atoms with E-state index in [1.165, 1.54) is 31.2 Å². The van der Waals surface area contributed by atoms with E-state index < -0.39 is 0 Å². The molecule has 4 atom stereocenters. The maximum atomic E-state index is 3.73. The SMILES string of the molecule is C1CC2CC2C2(C1)CC2CNC1CC1. The van der Waals surface area contributed by atoms with Crippen LogP contribution in [0.2, 0.25) is 0 Å². The van der Waals surface area contributed by atoms with Crippen molar-refractivity contribution in [3.63, 3.8) is 0 Å². The van der Waals surface area contributed by atoms with Crippen molar-refractivity contribution in [2.45, 2.75) is 51.0 Å². The molecule has 1 spiro atoms. The van der Waals surface area contributed by atoms with Crippen molar-refractivity contribution in [2.24, 2.45) is 23.2 Å². The Labute approximate surface area is 86.6 Å². The van der Waals surface area contributed by atoms with E-state index in [0.29, 0.717) is 0 Å². The summed E-state index contributed by atoms with van der Waals surface area (Å²) in [5.41, 5.74) is 0.880. The van der Waals surface area contributed by atoms with E-state index >= 15 is 0 Å². The number of fused-ring (bicyclic) bond motifs is 2. The second-order valence-corrected chi connectivity index (χ2v) is 6.31. The molecule has 0 aromatic carbocycles. The number of hydrogen-bond acceptors (Lipinski definition) is 1. The molecule has 0 aliphatic heterocycles. The Kier molecular flexibility index (Phi) is 1.49. The fraction of sp³-hybridized carbons (Fsp3) is 1.00. The Morgan fingerprint density at radius 1 is 1.21 bits per heavy atom. The van der Waals surface area contributed by atoms with Crippen LogP contribution in [0, 0.1) is 23.2 Å². The standard InChI is InChI=1S/C13H21N/c1-2-9-6-12(9)13(5-1)7-10(13)8-14-11-3-4-11/h9-12,14H,1-8H2. The van der Waals surface area contributed by atoms with Crippen molar-refractivity contribution in [3.05, 3.63) is 0 Å². The van der Waals surface area contributed by atoms with E-state index in [1.807, 2.05) is 0 Å². The third-order valence-electron chi connectivity index (χ3n) is 5.39. The van der Waals surface area contributed by atoms with Gasteiger partial charge in [-0.15, -0.1) is 0 Å². The molecular formula is C13H21N. The molecule has 1 N–H and O–H groups in total. The van der Waals surface area contributed by atoms with Crippen LogP contribution in [0.4, 0.5) is 0 Å². The quantitative estimate of drug-likeness (QED) is 0.723. The van der Waals surface area contributed by atoms with Gasteiger partial charge in [-0.3, -0.25) is 0 Å². The van der Waals surface area contributed by atoms with E-state index in [-0.39, 0.29) is 0 Å². The molecule has 1 heteroatoms. The van der Waals surface area contributed by atoms with Crippen LogP contribution in [-0.2, 0) is 0 Å². The first-order valence-corrected chi connectivity index (χ1v) is 6.62. The monoisotopic (exact) mass is 191 g/mol. The maximum Gasteiger partial charge on any atom is 0.00683 e. The fourth-order valence-electron chi connectivity index (χ4n) is 4.18. The van der Waals surface area contributed by atoms with Crippen LogP contribution in [0.3, 0.4) is 0 Å². The average molecular weight is 191 g/mol. The van der Waals surface area contributed by atoms with Gasteiger partial charge in [0.1, 0.15) is 0 Å². The van der Waals surface area contributed by atoms with Gasteiger partial charge in [0.25, 0.3) is 0 Å². The van der Waals surface area contributed by atoms with Gasteiger partial charge < -0.3 is 5.32 Å². The predicted molar refractivity (Wildman–Crippen MR) is 57.0 cm³/mol. The van der Waals surface area contributed by atoms with Gasteiger partial charge >= 0.3 is 0 Å². The lowest BCUT2D eigenvalue weighted by Crippen LogP contribution is -2.23. The summed E-state index contributed by atoms with van der Waals surface area (Å²) in [5.74, 6) is 3.44. The molecule has 0 radical (unpaired) electrons. The smallest absolute Gasteiger partial charge is 0.00683 e. The van der Waals surface area contributed by atoms with Crippen LogP contribution in [-0.4, -0.2) is 12.6 Å². The van der Waals surface area contributed by atoms with Crippen molar-refractivity contribution < 1.29 is 0 Å². The van der Waals surface area contributed by atoms with E-state index in [2.05, 4.69) is 5.32 Å². The molecule has 0 saturated heterocycles. The summed E-state index contributed by atoms with van der Waals surface area (Å²) >= 11 is 0. The summed E-state index contributed by atoms with van der Waals surface area (Å²) in [6.07, 6.45) is 10.8. The third-order valence-corrected chi connectivity index (χ3v) is 5.39. The second-order valence-electron chi connectivity index (χ2n) is 6.31. The van der Waals surface area contributed by atoms with Gasteiger partial charge in [0, 0.05) is 6.04 Å². The van der Waals surface area contributed by atoms with Crippen molar-refractivity contribution >= 4 is 0 Å². The molecule has 0 heterocycles. The predicted octanol–water partition coefficient (Wildman–Crippen LogP) is 2.56. The molecule has 0 aromatic heterocycles. The van der Waals surface area contributed by atoms with Crippen molar-refractivity contribution in [3.8, 4) is 0 Å². The van der Waals surface area contributed by atoms with E-state index in [1.54, 1.807) is 32.1 Å². The van der Waals surface area contributed by atoms with E-state index in [9.17, 15) is 0 Å². The van der Waals surface area contributed by atoms with Gasteiger partial charge in [0.2, 0.25) is 0 Å². The summed E-state index contributed by atoms with van der Waals surface area (Å²) in [6, 6.07) is 0.922. The van der Waals surface area contributed by atoms with Crippen LogP contribution >= 0.6 is 0 Å². The summed E-state index contributed by atoms with van der Waals surface area (Å²) in [6.45, 7) is 1.36. The summed E-state index contributed by atoms with van der Waals surface area (Å²) in [7, 11) is 0. The first-order chi connectivity index (χ1) is 6.88. The zero-order chi connectivity index (χ0) is 9.17. The molecule has 78 valence electrons. The van der Waals surface area contributed by atoms with Crippen LogP contribution < -0.4 is 5.32 Å². The first kappa shape index (κ1) is 8.15. The molecule has 0 bridgehead atoms.